The summed E-state index contributed by atoms with van der Waals surface area (Å²) in [5.74, 6) is -0.237. The Morgan fingerprint density at radius 3 is 2.72 bits per heavy atom. The van der Waals surface area contributed by atoms with E-state index < -0.39 is 0 Å². The Bertz CT molecular complexity index is 1060. The zero-order chi connectivity index (χ0) is 20.4. The van der Waals surface area contributed by atoms with Crippen LogP contribution in [-0.4, -0.2) is 45.3 Å². The summed E-state index contributed by atoms with van der Waals surface area (Å²) in [4.78, 5) is 36.2. The maximum absolute atomic E-state index is 12.9. The van der Waals surface area contributed by atoms with Crippen molar-refractivity contribution >= 4 is 38.6 Å². The number of hydrogen-bond donors (Lipinski definition) is 1. The lowest BCUT2D eigenvalue weighted by molar-refractivity contribution is 0.0556. The van der Waals surface area contributed by atoms with Crippen LogP contribution in [0.5, 0.6) is 0 Å². The summed E-state index contributed by atoms with van der Waals surface area (Å²) < 4.78 is 0.746. The van der Waals surface area contributed by atoms with Crippen molar-refractivity contribution in [2.24, 2.45) is 0 Å². The average molecular weight is 453 g/mol. The van der Waals surface area contributed by atoms with Gasteiger partial charge in [-0.05, 0) is 60.0 Å². The van der Waals surface area contributed by atoms with Crippen molar-refractivity contribution in [3.63, 3.8) is 0 Å². The first kappa shape index (κ1) is 19.5. The summed E-state index contributed by atoms with van der Waals surface area (Å²) in [6.07, 6.45) is 5.04. The number of carbonyl (C=O) groups excluding carboxylic acids is 2. The highest BCUT2D eigenvalue weighted by Crippen LogP contribution is 2.22. The van der Waals surface area contributed by atoms with E-state index >= 15 is 0 Å². The van der Waals surface area contributed by atoms with Crippen molar-refractivity contribution < 1.29 is 9.59 Å². The lowest BCUT2D eigenvalue weighted by Crippen LogP contribution is -2.55. The predicted octanol–water partition coefficient (Wildman–Crippen LogP) is 3.82. The van der Waals surface area contributed by atoms with Gasteiger partial charge in [-0.3, -0.25) is 14.6 Å². The van der Waals surface area contributed by atoms with E-state index in [1.807, 2.05) is 48.2 Å². The Hall–Kier alpha value is -2.80. The molecule has 2 atom stereocenters. The molecule has 1 fully saturated rings. The Morgan fingerprint density at radius 1 is 1.14 bits per heavy atom. The molecule has 1 N–H and O–H groups in total. The molecule has 148 valence electrons. The van der Waals surface area contributed by atoms with Gasteiger partial charge in [0.2, 0.25) is 0 Å². The van der Waals surface area contributed by atoms with Gasteiger partial charge in [-0.1, -0.05) is 18.2 Å². The van der Waals surface area contributed by atoms with E-state index in [2.05, 4.69) is 31.2 Å². The molecule has 4 rings (SSSR count). The van der Waals surface area contributed by atoms with Gasteiger partial charge in [-0.2, -0.15) is 0 Å². The third-order valence-electron chi connectivity index (χ3n) is 5.37. The second-order valence-corrected chi connectivity index (χ2v) is 8.07. The number of rotatable bonds is 3. The molecule has 0 spiro atoms. The van der Waals surface area contributed by atoms with Crippen molar-refractivity contribution in [2.75, 3.05) is 6.54 Å². The summed E-state index contributed by atoms with van der Waals surface area (Å²) in [5.41, 5.74) is 1.72. The Balaban J connectivity index is 1.50. The second-order valence-electron chi connectivity index (χ2n) is 7.22. The number of benzene rings is 1. The number of halogens is 1. The molecule has 0 bridgehead atoms. The first-order valence-corrected chi connectivity index (χ1v) is 10.4. The van der Waals surface area contributed by atoms with E-state index in [0.717, 1.165) is 22.7 Å². The molecule has 2 amide bonds. The molecule has 0 saturated carbocycles. The highest BCUT2D eigenvalue weighted by molar-refractivity contribution is 9.10. The van der Waals surface area contributed by atoms with Crippen LogP contribution in [0.2, 0.25) is 0 Å². The lowest BCUT2D eigenvalue weighted by atomic mass is 9.96. The van der Waals surface area contributed by atoms with Gasteiger partial charge in [0.15, 0.2) is 0 Å². The number of hydrogen-bond acceptors (Lipinski definition) is 4. The minimum atomic E-state index is -0.235. The van der Waals surface area contributed by atoms with Crippen LogP contribution < -0.4 is 5.32 Å². The summed E-state index contributed by atoms with van der Waals surface area (Å²) in [6.45, 7) is 2.68. The second kappa shape index (κ2) is 8.29. The SMILES string of the molecule is C[C@@H]1[C@H](NC(=O)c2ccc3cncc(Br)c3n2)CCCN1C(=O)c1ccccc1. The number of likely N-dealkylation sites (tertiary alicyclic amines) is 1. The minimum Gasteiger partial charge on any atom is -0.346 e. The van der Waals surface area contributed by atoms with E-state index in [1.165, 1.54) is 0 Å². The zero-order valence-corrected chi connectivity index (χ0v) is 17.6. The van der Waals surface area contributed by atoms with Gasteiger partial charge in [0.05, 0.1) is 9.99 Å². The van der Waals surface area contributed by atoms with Gasteiger partial charge in [-0.15, -0.1) is 0 Å². The molecule has 6 nitrogen and oxygen atoms in total. The van der Waals surface area contributed by atoms with Crippen LogP contribution in [0, 0.1) is 0 Å². The highest BCUT2D eigenvalue weighted by Gasteiger charge is 2.32. The van der Waals surface area contributed by atoms with Crippen molar-refractivity contribution in [1.82, 2.24) is 20.2 Å². The van der Waals surface area contributed by atoms with Gasteiger partial charge in [0.25, 0.3) is 11.8 Å². The molecular formula is C22H21BrN4O2. The first-order chi connectivity index (χ1) is 14.0. The highest BCUT2D eigenvalue weighted by atomic mass is 79.9. The van der Waals surface area contributed by atoms with Gasteiger partial charge in [-0.25, -0.2) is 4.98 Å². The molecule has 3 heterocycles. The molecule has 1 aliphatic heterocycles. The number of fused-ring (bicyclic) bond motifs is 1. The molecule has 1 aliphatic rings. The van der Waals surface area contributed by atoms with Crippen LogP contribution in [0.4, 0.5) is 0 Å². The number of amides is 2. The van der Waals surface area contributed by atoms with E-state index in [1.54, 1.807) is 18.5 Å². The summed E-state index contributed by atoms with van der Waals surface area (Å²) in [7, 11) is 0. The number of nitrogens with zero attached hydrogens (tertiary/aromatic N) is 3. The van der Waals surface area contributed by atoms with Crippen LogP contribution in [0.1, 0.15) is 40.6 Å². The third-order valence-corrected chi connectivity index (χ3v) is 5.95. The van der Waals surface area contributed by atoms with Crippen LogP contribution in [0.25, 0.3) is 10.9 Å². The van der Waals surface area contributed by atoms with Crippen molar-refractivity contribution in [2.45, 2.75) is 31.8 Å². The van der Waals surface area contributed by atoms with Crippen LogP contribution in [0.3, 0.4) is 0 Å². The van der Waals surface area contributed by atoms with E-state index in [-0.39, 0.29) is 23.9 Å². The van der Waals surface area contributed by atoms with Crippen molar-refractivity contribution in [1.29, 1.82) is 0 Å². The summed E-state index contributed by atoms with van der Waals surface area (Å²) in [5, 5.41) is 3.94. The molecule has 2 aromatic heterocycles. The molecule has 1 aromatic carbocycles. The quantitative estimate of drug-likeness (QED) is 0.655. The average Bonchev–Trinajstić information content (AvgIpc) is 2.75. The fourth-order valence-corrected chi connectivity index (χ4v) is 4.18. The Labute approximate surface area is 177 Å². The van der Waals surface area contributed by atoms with Gasteiger partial charge in [0.1, 0.15) is 5.69 Å². The molecule has 0 unspecified atom stereocenters. The predicted molar refractivity (Wildman–Crippen MR) is 115 cm³/mol. The molecular weight excluding hydrogens is 432 g/mol. The van der Waals surface area contributed by atoms with Crippen molar-refractivity contribution in [3.05, 3.63) is 70.6 Å². The van der Waals surface area contributed by atoms with Crippen LogP contribution in [-0.2, 0) is 0 Å². The van der Waals surface area contributed by atoms with Gasteiger partial charge >= 0.3 is 0 Å². The van der Waals surface area contributed by atoms with Crippen LogP contribution in [0.15, 0.2) is 59.3 Å². The molecule has 0 aliphatic carbocycles. The normalized spacial score (nSPS) is 19.2. The van der Waals surface area contributed by atoms with Crippen LogP contribution >= 0.6 is 15.9 Å². The smallest absolute Gasteiger partial charge is 0.270 e. The lowest BCUT2D eigenvalue weighted by Gasteiger charge is -2.39. The molecule has 0 radical (unpaired) electrons. The number of piperidine rings is 1. The number of nitrogens with one attached hydrogen (secondary N) is 1. The fraction of sp³-hybridized carbons (Fsp3) is 0.273. The standard InChI is InChI=1S/C22H21BrN4O2/c1-14-18(8-5-11-27(14)22(29)15-6-3-2-4-7-15)26-21(28)19-10-9-16-12-24-13-17(23)20(16)25-19/h2-4,6-7,9-10,12-14,18H,5,8,11H2,1H3,(H,26,28)/t14-,18-/m1/s1. The number of pyridine rings is 2. The van der Waals surface area contributed by atoms with E-state index in [4.69, 9.17) is 0 Å². The third kappa shape index (κ3) is 4.00. The Morgan fingerprint density at radius 2 is 1.93 bits per heavy atom. The molecule has 3 aromatic rings. The number of carbonyl (C=O) groups is 2. The minimum absolute atomic E-state index is 0.00249. The maximum atomic E-state index is 12.9. The summed E-state index contributed by atoms with van der Waals surface area (Å²) >= 11 is 3.43. The van der Waals surface area contributed by atoms with Gasteiger partial charge in [0, 0.05) is 42.0 Å². The molecule has 1 saturated heterocycles. The molecule has 7 heteroatoms. The van der Waals surface area contributed by atoms with E-state index in [0.29, 0.717) is 23.3 Å². The fourth-order valence-electron chi connectivity index (χ4n) is 3.75. The largest absolute Gasteiger partial charge is 0.346 e. The van der Waals surface area contributed by atoms with Gasteiger partial charge < -0.3 is 10.2 Å². The maximum Gasteiger partial charge on any atom is 0.270 e. The first-order valence-electron chi connectivity index (χ1n) is 9.62. The zero-order valence-electron chi connectivity index (χ0n) is 16.0. The number of aromatic nitrogens is 2. The van der Waals surface area contributed by atoms with Crippen molar-refractivity contribution in [3.8, 4) is 0 Å². The molecule has 29 heavy (non-hydrogen) atoms. The monoisotopic (exact) mass is 452 g/mol. The Kier molecular flexibility index (Phi) is 5.58. The summed E-state index contributed by atoms with van der Waals surface area (Å²) in [6, 6.07) is 12.6. The topological polar surface area (TPSA) is 75.2 Å². The van der Waals surface area contributed by atoms with E-state index in [9.17, 15) is 9.59 Å².